The van der Waals surface area contributed by atoms with Gasteiger partial charge in [-0.3, -0.25) is 0 Å². The summed E-state index contributed by atoms with van der Waals surface area (Å²) < 4.78 is 0. The van der Waals surface area contributed by atoms with Gasteiger partial charge in [0.05, 0.1) is 0 Å². The zero-order valence-corrected chi connectivity index (χ0v) is 7.63. The van der Waals surface area contributed by atoms with Gasteiger partial charge < -0.3 is 0 Å². The van der Waals surface area contributed by atoms with Gasteiger partial charge in [-0.1, -0.05) is 0 Å². The van der Waals surface area contributed by atoms with Crippen molar-refractivity contribution in [2.45, 2.75) is 33.8 Å². The largest absolute Gasteiger partial charge is 0.175 e. The Kier molecular flexibility index (Phi) is 1.71. The van der Waals surface area contributed by atoms with Gasteiger partial charge in [0.1, 0.15) is 0 Å². The molecular weight excluding hydrogens is 168 g/mol. The van der Waals surface area contributed by atoms with E-state index in [4.69, 9.17) is 0 Å². The Hall–Kier alpha value is 1.05. The van der Waals surface area contributed by atoms with E-state index in [1.165, 1.54) is 12.8 Å². The summed E-state index contributed by atoms with van der Waals surface area (Å²) in [5.41, 5.74) is 0. The van der Waals surface area contributed by atoms with Gasteiger partial charge in [0.25, 0.3) is 0 Å². The van der Waals surface area contributed by atoms with Crippen molar-refractivity contribution < 1.29 is 0 Å². The SMILES string of the molecule is SC1CC1SC1CC1S. The molecule has 0 radical (unpaired) electrons. The Balaban J connectivity index is 1.69. The fourth-order valence-corrected chi connectivity index (χ4v) is 3.45. The van der Waals surface area contributed by atoms with Crippen molar-refractivity contribution in [3.8, 4) is 0 Å². The number of hydrogen-bond acceptors (Lipinski definition) is 3. The summed E-state index contributed by atoms with van der Waals surface area (Å²) in [6.07, 6.45) is 2.65. The number of hydrogen-bond donors (Lipinski definition) is 2. The van der Waals surface area contributed by atoms with Crippen LogP contribution in [0.2, 0.25) is 0 Å². The Labute approximate surface area is 71.0 Å². The number of thioether (sulfide) groups is 1. The average Bonchev–Trinajstić information content (AvgIpc) is 2.59. The van der Waals surface area contributed by atoms with E-state index in [1.54, 1.807) is 0 Å². The molecule has 4 atom stereocenters. The summed E-state index contributed by atoms with van der Waals surface area (Å²) >= 11 is 10.8. The Bertz CT molecular complexity index is 111. The summed E-state index contributed by atoms with van der Waals surface area (Å²) in [6, 6.07) is 0. The van der Waals surface area contributed by atoms with Gasteiger partial charge in [-0.05, 0) is 12.8 Å². The van der Waals surface area contributed by atoms with Crippen LogP contribution in [-0.2, 0) is 0 Å². The molecule has 0 aliphatic heterocycles. The third-order valence-corrected chi connectivity index (χ3v) is 5.04. The third-order valence-electron chi connectivity index (χ3n) is 1.75. The highest BCUT2D eigenvalue weighted by atomic mass is 32.2. The van der Waals surface area contributed by atoms with Gasteiger partial charge >= 0.3 is 0 Å². The molecule has 52 valence electrons. The molecular formula is C6H10S3. The highest BCUT2D eigenvalue weighted by Crippen LogP contribution is 2.49. The first-order valence-electron chi connectivity index (χ1n) is 3.29. The van der Waals surface area contributed by atoms with Crippen LogP contribution in [0.3, 0.4) is 0 Å². The van der Waals surface area contributed by atoms with Crippen LogP contribution in [0.5, 0.6) is 0 Å². The molecule has 9 heavy (non-hydrogen) atoms. The molecule has 0 heterocycles. The highest BCUT2D eigenvalue weighted by molar-refractivity contribution is 8.03. The van der Waals surface area contributed by atoms with Gasteiger partial charge in [-0.2, -0.15) is 37.0 Å². The highest BCUT2D eigenvalue weighted by Gasteiger charge is 2.43. The molecule has 0 aromatic rings. The average molecular weight is 178 g/mol. The van der Waals surface area contributed by atoms with Crippen LogP contribution in [0.1, 0.15) is 12.8 Å². The molecule has 0 spiro atoms. The molecule has 2 aliphatic carbocycles. The van der Waals surface area contributed by atoms with Crippen molar-refractivity contribution in [3.63, 3.8) is 0 Å². The van der Waals surface area contributed by atoms with E-state index < -0.39 is 0 Å². The van der Waals surface area contributed by atoms with E-state index in [9.17, 15) is 0 Å². The lowest BCUT2D eigenvalue weighted by molar-refractivity contribution is 1.44. The third kappa shape index (κ3) is 1.55. The maximum absolute atomic E-state index is 4.36. The minimum atomic E-state index is 0.705. The van der Waals surface area contributed by atoms with E-state index in [-0.39, 0.29) is 0 Å². The molecule has 2 aliphatic rings. The van der Waals surface area contributed by atoms with Crippen molar-refractivity contribution in [3.05, 3.63) is 0 Å². The Morgan fingerprint density at radius 2 is 1.33 bits per heavy atom. The molecule has 2 saturated carbocycles. The van der Waals surface area contributed by atoms with E-state index >= 15 is 0 Å². The predicted octanol–water partition coefficient (Wildman–Crippen LogP) is 1.86. The van der Waals surface area contributed by atoms with E-state index in [0.29, 0.717) is 10.5 Å². The van der Waals surface area contributed by atoms with Crippen molar-refractivity contribution >= 4 is 37.0 Å². The molecule has 0 nitrogen and oxygen atoms in total. The quantitative estimate of drug-likeness (QED) is 0.609. The summed E-state index contributed by atoms with van der Waals surface area (Å²) in [5.74, 6) is 0. The van der Waals surface area contributed by atoms with Gasteiger partial charge in [-0.25, -0.2) is 0 Å². The Morgan fingerprint density at radius 1 is 1.00 bits per heavy atom. The lowest BCUT2D eigenvalue weighted by Crippen LogP contribution is -1.84. The summed E-state index contributed by atoms with van der Waals surface area (Å²) in [7, 11) is 0. The first-order chi connectivity index (χ1) is 4.27. The minimum Gasteiger partial charge on any atom is -0.175 e. The van der Waals surface area contributed by atoms with Crippen LogP contribution >= 0.6 is 37.0 Å². The minimum absolute atomic E-state index is 0.705. The second-order valence-corrected chi connectivity index (χ2v) is 5.63. The molecule has 4 unspecified atom stereocenters. The van der Waals surface area contributed by atoms with Gasteiger partial charge in [0, 0.05) is 21.0 Å². The second-order valence-electron chi connectivity index (χ2n) is 2.82. The van der Waals surface area contributed by atoms with Crippen molar-refractivity contribution in [1.82, 2.24) is 0 Å². The topological polar surface area (TPSA) is 0 Å². The molecule has 0 amide bonds. The second kappa shape index (κ2) is 2.28. The van der Waals surface area contributed by atoms with Gasteiger partial charge in [-0.15, -0.1) is 0 Å². The van der Waals surface area contributed by atoms with Crippen LogP contribution in [0.15, 0.2) is 0 Å². The fourth-order valence-electron chi connectivity index (χ4n) is 0.836. The maximum Gasteiger partial charge on any atom is 0.0178 e. The molecule has 0 N–H and O–H groups in total. The molecule has 2 fully saturated rings. The standard InChI is InChI=1S/C6H10S3/c7-3-1-5(3)9-6-2-4(6)8/h3-8H,1-2H2. The van der Waals surface area contributed by atoms with Crippen molar-refractivity contribution in [1.29, 1.82) is 0 Å². The van der Waals surface area contributed by atoms with Crippen LogP contribution in [0, 0.1) is 0 Å². The summed E-state index contributed by atoms with van der Waals surface area (Å²) in [6.45, 7) is 0. The first-order valence-corrected chi connectivity index (χ1v) is 5.26. The van der Waals surface area contributed by atoms with Gasteiger partial charge in [0.2, 0.25) is 0 Å². The van der Waals surface area contributed by atoms with Crippen LogP contribution in [0.25, 0.3) is 0 Å². The monoisotopic (exact) mass is 178 g/mol. The van der Waals surface area contributed by atoms with Crippen LogP contribution in [-0.4, -0.2) is 21.0 Å². The number of thiol groups is 2. The van der Waals surface area contributed by atoms with E-state index in [1.807, 2.05) is 0 Å². The van der Waals surface area contributed by atoms with Crippen LogP contribution < -0.4 is 0 Å². The van der Waals surface area contributed by atoms with Gasteiger partial charge in [0.15, 0.2) is 0 Å². The molecule has 0 aromatic heterocycles. The summed E-state index contributed by atoms with van der Waals surface area (Å²) in [4.78, 5) is 0. The van der Waals surface area contributed by atoms with Crippen molar-refractivity contribution in [2.75, 3.05) is 0 Å². The lowest BCUT2D eigenvalue weighted by atomic mass is 10.9. The lowest BCUT2D eigenvalue weighted by Gasteiger charge is -1.91. The molecule has 0 bridgehead atoms. The maximum atomic E-state index is 4.36. The van der Waals surface area contributed by atoms with Crippen LogP contribution in [0.4, 0.5) is 0 Å². The normalized spacial score (nSPS) is 55.3. The zero-order valence-electron chi connectivity index (χ0n) is 5.03. The zero-order chi connectivity index (χ0) is 6.43. The number of rotatable bonds is 2. The molecule has 2 rings (SSSR count). The summed E-state index contributed by atoms with van der Waals surface area (Å²) in [5, 5.41) is 3.15. The molecule has 0 saturated heterocycles. The smallest absolute Gasteiger partial charge is 0.0178 e. The molecule has 0 aromatic carbocycles. The molecule has 3 heteroatoms. The van der Waals surface area contributed by atoms with E-state index in [2.05, 4.69) is 37.0 Å². The van der Waals surface area contributed by atoms with Crippen molar-refractivity contribution in [2.24, 2.45) is 0 Å². The predicted molar refractivity (Wildman–Crippen MR) is 49.9 cm³/mol. The Morgan fingerprint density at radius 3 is 1.56 bits per heavy atom. The first kappa shape index (κ1) is 6.74. The fraction of sp³-hybridized carbons (Fsp3) is 1.00. The van der Waals surface area contributed by atoms with E-state index in [0.717, 1.165) is 10.5 Å².